The monoisotopic (exact) mass is 1060 g/mol. The lowest BCUT2D eigenvalue weighted by Gasteiger charge is -2.23. The van der Waals surface area contributed by atoms with Crippen molar-refractivity contribution in [3.8, 4) is 33.6 Å². The number of hydrogen-bond donors (Lipinski definition) is 0. The summed E-state index contributed by atoms with van der Waals surface area (Å²) in [4.78, 5) is 10.3. The van der Waals surface area contributed by atoms with E-state index in [0.29, 0.717) is 0 Å². The summed E-state index contributed by atoms with van der Waals surface area (Å²) < 4.78 is 14.2. The molecular formula is C74H64N8. The second kappa shape index (κ2) is 17.9. The Morgan fingerprint density at radius 3 is 1.17 bits per heavy atom. The quantitative estimate of drug-likeness (QED) is 0.176. The summed E-state index contributed by atoms with van der Waals surface area (Å²) in [6.07, 6.45) is 0. The Hall–Kier alpha value is -9.66. The maximum atomic E-state index is 5.39. The highest BCUT2D eigenvalue weighted by Crippen LogP contribution is 2.41. The van der Waals surface area contributed by atoms with E-state index in [1.54, 1.807) is 0 Å². The number of hydrogen-bond acceptors (Lipinski definition) is 2. The van der Waals surface area contributed by atoms with Gasteiger partial charge in [-0.25, -0.2) is 9.97 Å². The molecule has 8 heteroatoms. The van der Waals surface area contributed by atoms with Gasteiger partial charge in [0.25, 0.3) is 0 Å². The highest BCUT2D eigenvalue weighted by molar-refractivity contribution is 6.12. The molecule has 6 heterocycles. The molecule has 0 aliphatic carbocycles. The van der Waals surface area contributed by atoms with E-state index in [9.17, 15) is 0 Å². The molecule has 0 aliphatic heterocycles. The molecule has 0 saturated heterocycles. The summed E-state index contributed by atoms with van der Waals surface area (Å²) in [7, 11) is 0. The van der Waals surface area contributed by atoms with Gasteiger partial charge >= 0.3 is 0 Å². The van der Waals surface area contributed by atoms with Crippen LogP contribution in [0.4, 0.5) is 0 Å². The van der Waals surface area contributed by atoms with Gasteiger partial charge in [-0.2, -0.15) is 0 Å². The lowest BCUT2D eigenvalue weighted by atomic mass is 9.87. The number of benzene rings is 10. The molecule has 16 aromatic rings. The predicted octanol–water partition coefficient (Wildman–Crippen LogP) is 19.2. The maximum absolute atomic E-state index is 5.39. The van der Waals surface area contributed by atoms with Crippen LogP contribution in [0.15, 0.2) is 224 Å². The number of fused-ring (bicyclic) bond motifs is 16. The molecule has 0 amide bonds. The molecule has 0 fully saturated rings. The lowest BCUT2D eigenvalue weighted by molar-refractivity contribution is 0.418. The minimum absolute atomic E-state index is 0.0341. The Balaban J connectivity index is 0.000000200. The van der Waals surface area contributed by atoms with Gasteiger partial charge in [0.15, 0.2) is 0 Å². The summed E-state index contributed by atoms with van der Waals surface area (Å²) >= 11 is 0. The molecule has 0 unspecified atom stereocenters. The Morgan fingerprint density at radius 1 is 0.280 bits per heavy atom. The topological polar surface area (TPSA) is 54.3 Å². The van der Waals surface area contributed by atoms with Crippen molar-refractivity contribution in [3.63, 3.8) is 0 Å². The third kappa shape index (κ3) is 7.64. The van der Waals surface area contributed by atoms with Gasteiger partial charge in [-0.05, 0) is 184 Å². The number of para-hydroxylation sites is 6. The molecular weight excluding hydrogens is 1000 g/mol. The SMILES string of the molecule is CC(C)(C)c1ccc2c(c1)n1c3ccccc3nc1n2C(C)(C)C.CC(C)(C)n1c2ccc(-c3ccc4c(c3)c3ccccc3n4-c3ccccc3)cc2n2c3ccc(-c4ccc5c(c4)c4ccccc4n5-c4ccccc4)cc3nc12. The van der Waals surface area contributed by atoms with Crippen LogP contribution < -0.4 is 0 Å². The molecule has 6 aromatic heterocycles. The van der Waals surface area contributed by atoms with E-state index in [2.05, 4.69) is 314 Å². The van der Waals surface area contributed by atoms with Crippen LogP contribution in [0, 0.1) is 0 Å². The highest BCUT2D eigenvalue weighted by atomic mass is 15.2. The van der Waals surface area contributed by atoms with Gasteiger partial charge in [0.05, 0.1) is 66.2 Å². The fourth-order valence-electron chi connectivity index (χ4n) is 13.0. The van der Waals surface area contributed by atoms with Crippen molar-refractivity contribution >= 4 is 99.3 Å². The fourth-order valence-corrected chi connectivity index (χ4v) is 13.0. The van der Waals surface area contributed by atoms with Gasteiger partial charge in [-0.1, -0.05) is 136 Å². The summed E-state index contributed by atoms with van der Waals surface area (Å²) in [6, 6.07) is 81.4. The zero-order valence-corrected chi connectivity index (χ0v) is 47.9. The third-order valence-corrected chi connectivity index (χ3v) is 16.7. The highest BCUT2D eigenvalue weighted by Gasteiger charge is 2.27. The Labute approximate surface area is 476 Å². The summed E-state index contributed by atoms with van der Waals surface area (Å²) in [5.41, 5.74) is 22.2. The van der Waals surface area contributed by atoms with Crippen molar-refractivity contribution in [3.05, 3.63) is 230 Å². The first-order valence-electron chi connectivity index (χ1n) is 28.7. The van der Waals surface area contributed by atoms with Crippen molar-refractivity contribution in [1.82, 2.24) is 37.0 Å². The van der Waals surface area contributed by atoms with Gasteiger partial charge < -0.3 is 18.3 Å². The Bertz CT molecular complexity index is 5210. The van der Waals surface area contributed by atoms with Gasteiger partial charge in [-0.3, -0.25) is 8.80 Å². The zero-order valence-electron chi connectivity index (χ0n) is 47.9. The van der Waals surface area contributed by atoms with E-state index >= 15 is 0 Å². The predicted molar refractivity (Wildman–Crippen MR) is 345 cm³/mol. The fraction of sp³-hybridized carbons (Fsp3) is 0.162. The number of rotatable bonds is 4. The van der Waals surface area contributed by atoms with Crippen LogP contribution in [0.2, 0.25) is 0 Å². The second-order valence-corrected chi connectivity index (χ2v) is 25.2. The molecule has 82 heavy (non-hydrogen) atoms. The van der Waals surface area contributed by atoms with Gasteiger partial charge in [0, 0.05) is 44.0 Å². The van der Waals surface area contributed by atoms with Gasteiger partial charge in [-0.15, -0.1) is 0 Å². The number of imidazole rings is 4. The Morgan fingerprint density at radius 2 is 0.659 bits per heavy atom. The molecule has 0 bridgehead atoms. The van der Waals surface area contributed by atoms with E-state index in [4.69, 9.17) is 9.97 Å². The van der Waals surface area contributed by atoms with E-state index in [0.717, 1.165) is 39.2 Å². The van der Waals surface area contributed by atoms with Gasteiger partial charge in [0.2, 0.25) is 11.6 Å². The second-order valence-electron chi connectivity index (χ2n) is 25.2. The average molecular weight is 1070 g/mol. The molecule has 0 spiro atoms. The van der Waals surface area contributed by atoms with Crippen molar-refractivity contribution in [1.29, 1.82) is 0 Å². The molecule has 0 atom stereocenters. The van der Waals surface area contributed by atoms with E-state index < -0.39 is 0 Å². The first-order chi connectivity index (χ1) is 39.6. The van der Waals surface area contributed by atoms with Crippen LogP contribution in [-0.4, -0.2) is 37.0 Å². The normalized spacial score (nSPS) is 12.7. The molecule has 0 aliphatic rings. The summed E-state index contributed by atoms with van der Waals surface area (Å²) in [6.45, 7) is 20.3. The summed E-state index contributed by atoms with van der Waals surface area (Å²) in [5, 5.41) is 4.99. The first kappa shape index (κ1) is 49.4. The van der Waals surface area contributed by atoms with Crippen LogP contribution >= 0.6 is 0 Å². The maximum Gasteiger partial charge on any atom is 0.216 e. The smallest absolute Gasteiger partial charge is 0.216 e. The third-order valence-electron chi connectivity index (χ3n) is 16.7. The minimum Gasteiger partial charge on any atom is -0.309 e. The van der Waals surface area contributed by atoms with Crippen molar-refractivity contribution in [2.24, 2.45) is 0 Å². The zero-order chi connectivity index (χ0) is 56.0. The molecule has 400 valence electrons. The largest absolute Gasteiger partial charge is 0.309 e. The molecule has 0 radical (unpaired) electrons. The molecule has 8 nitrogen and oxygen atoms in total. The number of nitrogens with zero attached hydrogens (tertiary/aromatic N) is 8. The van der Waals surface area contributed by atoms with E-state index in [-0.39, 0.29) is 16.5 Å². The lowest BCUT2D eigenvalue weighted by Crippen LogP contribution is -2.21. The molecule has 0 saturated carbocycles. The molecule has 10 aromatic carbocycles. The van der Waals surface area contributed by atoms with E-state index in [1.807, 2.05) is 0 Å². The molecule has 0 N–H and O–H groups in total. The van der Waals surface area contributed by atoms with Crippen molar-refractivity contribution in [2.75, 3.05) is 0 Å². The summed E-state index contributed by atoms with van der Waals surface area (Å²) in [5.74, 6) is 1.97. The van der Waals surface area contributed by atoms with Crippen molar-refractivity contribution < 1.29 is 0 Å². The van der Waals surface area contributed by atoms with Crippen LogP contribution in [0.3, 0.4) is 0 Å². The minimum atomic E-state index is -0.190. The number of aromatic nitrogens is 8. The Kier molecular flexibility index (Phi) is 10.8. The standard InChI is InChI=1S/C53H39N5.C21H25N3/c1-53(2,3)58-50-29-25-37(35-23-27-48-43(31-35)41-19-11-13-21-46(41)56(48)39-16-8-5-9-17-39)33-51(50)57-49-28-24-36(32-44(49)54-52(57)58)34-22-26-47-42(30-34)40-18-10-12-20-45(40)55(47)38-14-6-4-7-15-38;1-20(2,3)14-11-12-17-18(13-14)23-16-10-8-7-9-15(16)22-19(23)24(17)21(4,5)6/h4-33H,1-3H3;7-13H,1-6H3. The molecule has 16 rings (SSSR count). The van der Waals surface area contributed by atoms with Crippen LogP contribution in [0.1, 0.15) is 67.9 Å². The average Bonchev–Trinajstić information content (AvgIpc) is 4.21. The van der Waals surface area contributed by atoms with Gasteiger partial charge in [0.1, 0.15) is 0 Å². The van der Waals surface area contributed by atoms with Crippen LogP contribution in [0.5, 0.6) is 0 Å². The van der Waals surface area contributed by atoms with Crippen molar-refractivity contribution in [2.45, 2.75) is 78.8 Å². The van der Waals surface area contributed by atoms with E-state index in [1.165, 1.54) is 99.3 Å². The van der Waals surface area contributed by atoms with Crippen LogP contribution in [-0.2, 0) is 16.5 Å². The first-order valence-corrected chi connectivity index (χ1v) is 28.7. The van der Waals surface area contributed by atoms with Crippen LogP contribution in [0.25, 0.3) is 133 Å².